The van der Waals surface area contributed by atoms with Gasteiger partial charge in [0.2, 0.25) is 11.8 Å². The largest absolute Gasteiger partial charge is 0.445 e. The van der Waals surface area contributed by atoms with Gasteiger partial charge in [-0.2, -0.15) is 0 Å². The number of carbonyl (C=O) groups excluding carboxylic acids is 4. The summed E-state index contributed by atoms with van der Waals surface area (Å²) >= 11 is 0. The van der Waals surface area contributed by atoms with Crippen LogP contribution in [0.25, 0.3) is 0 Å². The standard InChI is InChI=1S/C21H30N8O7/c22-17(30)12-26-18(31)15(8-4-10-25-20(23)24)28(29(34)35)19(32)16-9-5-11-27(16)21(33)36-13-14-6-2-1-3-7-14/h1-3,6-7,15-16H,4-5,8-13H2,(H2,22,30)(H,26,31)(H4,23,24,25)/t15-,16-/m0/s1. The number of nitrogens with two attached hydrogens (primary N) is 3. The van der Waals surface area contributed by atoms with Gasteiger partial charge in [-0.15, -0.1) is 0 Å². The van der Waals surface area contributed by atoms with Gasteiger partial charge in [-0.3, -0.25) is 24.3 Å². The number of carbonyl (C=O) groups is 4. The Labute approximate surface area is 206 Å². The van der Waals surface area contributed by atoms with E-state index in [9.17, 15) is 29.3 Å². The highest BCUT2D eigenvalue weighted by Crippen LogP contribution is 2.23. The number of benzene rings is 1. The van der Waals surface area contributed by atoms with Gasteiger partial charge >= 0.3 is 12.0 Å². The number of likely N-dealkylation sites (tertiary alicyclic amines) is 1. The van der Waals surface area contributed by atoms with E-state index in [0.717, 1.165) is 10.5 Å². The maximum absolute atomic E-state index is 13.3. The SMILES string of the molecule is NC(=O)CNC(=O)[C@H](CCCN=C(N)N)N(C(=O)[C@@H]1CCCN1C(=O)OCc1ccccc1)[N+](=O)[O-]. The van der Waals surface area contributed by atoms with Gasteiger partial charge in [0, 0.05) is 13.1 Å². The van der Waals surface area contributed by atoms with Gasteiger partial charge in [-0.1, -0.05) is 30.3 Å². The van der Waals surface area contributed by atoms with Crippen LogP contribution in [-0.4, -0.2) is 76.4 Å². The number of nitrogens with one attached hydrogen (secondary N) is 1. The van der Waals surface area contributed by atoms with Gasteiger partial charge in [0.05, 0.1) is 6.54 Å². The molecule has 36 heavy (non-hydrogen) atoms. The molecule has 196 valence electrons. The maximum atomic E-state index is 13.3. The van der Waals surface area contributed by atoms with Crippen molar-refractivity contribution >= 4 is 29.8 Å². The molecule has 1 heterocycles. The highest BCUT2D eigenvalue weighted by molar-refractivity contribution is 5.92. The van der Waals surface area contributed by atoms with Gasteiger partial charge in [0.15, 0.2) is 17.0 Å². The van der Waals surface area contributed by atoms with E-state index >= 15 is 0 Å². The lowest BCUT2D eigenvalue weighted by molar-refractivity contribution is -0.640. The van der Waals surface area contributed by atoms with Crippen molar-refractivity contribution in [2.75, 3.05) is 19.6 Å². The van der Waals surface area contributed by atoms with Crippen molar-refractivity contribution in [3.63, 3.8) is 0 Å². The van der Waals surface area contributed by atoms with E-state index in [2.05, 4.69) is 10.3 Å². The monoisotopic (exact) mass is 506 g/mol. The molecule has 0 aromatic heterocycles. The van der Waals surface area contributed by atoms with Crippen molar-refractivity contribution in [1.82, 2.24) is 15.2 Å². The van der Waals surface area contributed by atoms with Gasteiger partial charge in [0.25, 0.3) is 0 Å². The molecule has 7 N–H and O–H groups in total. The third-order valence-electron chi connectivity index (χ3n) is 5.34. The summed E-state index contributed by atoms with van der Waals surface area (Å²) in [7, 11) is 0. The minimum absolute atomic E-state index is 0.0427. The van der Waals surface area contributed by atoms with Crippen LogP contribution < -0.4 is 22.5 Å². The lowest BCUT2D eigenvalue weighted by Gasteiger charge is -2.28. The summed E-state index contributed by atoms with van der Waals surface area (Å²) in [6, 6.07) is 6.05. The Bertz CT molecular complexity index is 984. The van der Waals surface area contributed by atoms with E-state index in [1.54, 1.807) is 30.3 Å². The summed E-state index contributed by atoms with van der Waals surface area (Å²) in [5.74, 6) is -3.10. The zero-order valence-corrected chi connectivity index (χ0v) is 19.6. The Kier molecular flexibility index (Phi) is 10.4. The molecule has 0 saturated carbocycles. The molecular weight excluding hydrogens is 476 g/mol. The maximum Gasteiger partial charge on any atom is 0.410 e. The first-order chi connectivity index (χ1) is 17.1. The first-order valence-corrected chi connectivity index (χ1v) is 11.2. The molecule has 0 spiro atoms. The molecule has 1 saturated heterocycles. The number of guanidine groups is 1. The number of hydrogen-bond donors (Lipinski definition) is 4. The smallest absolute Gasteiger partial charge is 0.410 e. The number of rotatable bonds is 12. The van der Waals surface area contributed by atoms with Crippen LogP contribution in [-0.2, 0) is 25.7 Å². The molecule has 2 atom stereocenters. The fourth-order valence-electron chi connectivity index (χ4n) is 3.69. The number of amides is 4. The highest BCUT2D eigenvalue weighted by atomic mass is 16.7. The van der Waals surface area contributed by atoms with Crippen LogP contribution >= 0.6 is 0 Å². The van der Waals surface area contributed by atoms with Crippen LogP contribution in [0.3, 0.4) is 0 Å². The average Bonchev–Trinajstić information content (AvgIpc) is 3.33. The van der Waals surface area contributed by atoms with Crippen LogP contribution in [0.2, 0.25) is 0 Å². The first-order valence-electron chi connectivity index (χ1n) is 11.2. The normalized spacial score (nSPS) is 15.4. The van der Waals surface area contributed by atoms with E-state index in [0.29, 0.717) is 6.42 Å². The summed E-state index contributed by atoms with van der Waals surface area (Å²) < 4.78 is 5.28. The Balaban J connectivity index is 2.19. The minimum atomic E-state index is -1.61. The number of ether oxygens (including phenoxy) is 1. The Morgan fingerprint density at radius 2 is 1.92 bits per heavy atom. The molecule has 4 amide bonds. The molecule has 0 unspecified atom stereocenters. The van der Waals surface area contributed by atoms with Crippen molar-refractivity contribution in [2.24, 2.45) is 22.2 Å². The molecule has 2 rings (SSSR count). The molecule has 1 aliphatic heterocycles. The molecule has 1 fully saturated rings. The second-order valence-corrected chi connectivity index (χ2v) is 7.96. The first kappa shape index (κ1) is 27.8. The topological polar surface area (TPSA) is 230 Å². The second-order valence-electron chi connectivity index (χ2n) is 7.96. The average molecular weight is 507 g/mol. The minimum Gasteiger partial charge on any atom is -0.445 e. The number of nitro groups is 1. The Morgan fingerprint density at radius 1 is 1.22 bits per heavy atom. The van der Waals surface area contributed by atoms with Crippen molar-refractivity contribution in [1.29, 1.82) is 0 Å². The predicted octanol–water partition coefficient (Wildman–Crippen LogP) is -1.17. The van der Waals surface area contributed by atoms with Gasteiger partial charge < -0.3 is 27.3 Å². The number of hydrazine groups is 1. The van der Waals surface area contributed by atoms with Crippen molar-refractivity contribution in [2.45, 2.75) is 44.4 Å². The van der Waals surface area contributed by atoms with Crippen LogP contribution in [0.15, 0.2) is 35.3 Å². The molecule has 15 nitrogen and oxygen atoms in total. The molecule has 0 radical (unpaired) electrons. The molecule has 1 aromatic carbocycles. The lowest BCUT2D eigenvalue weighted by Crippen LogP contribution is -2.58. The summed E-state index contributed by atoms with van der Waals surface area (Å²) in [6.07, 6.45) is -0.337. The molecule has 1 aliphatic rings. The summed E-state index contributed by atoms with van der Waals surface area (Å²) in [5, 5.41) is 13.3. The fourth-order valence-corrected chi connectivity index (χ4v) is 3.69. The van der Waals surface area contributed by atoms with Crippen molar-refractivity contribution in [3.05, 3.63) is 46.0 Å². The summed E-state index contributed by atoms with van der Waals surface area (Å²) in [4.78, 5) is 66.6. The number of primary amides is 1. The van der Waals surface area contributed by atoms with Crippen LogP contribution in [0.1, 0.15) is 31.2 Å². The van der Waals surface area contributed by atoms with Crippen LogP contribution in [0, 0.1) is 10.1 Å². The highest BCUT2D eigenvalue weighted by Gasteiger charge is 2.46. The molecule has 15 heteroatoms. The van der Waals surface area contributed by atoms with Crippen LogP contribution in [0.5, 0.6) is 0 Å². The third-order valence-corrected chi connectivity index (χ3v) is 5.34. The van der Waals surface area contributed by atoms with Gasteiger partial charge in [0.1, 0.15) is 12.6 Å². The predicted molar refractivity (Wildman–Crippen MR) is 126 cm³/mol. The molecule has 0 bridgehead atoms. The summed E-state index contributed by atoms with van der Waals surface area (Å²) in [5.41, 5.74) is 16.3. The summed E-state index contributed by atoms with van der Waals surface area (Å²) in [6.45, 7) is -0.426. The number of nitrogens with zero attached hydrogens (tertiary/aromatic N) is 4. The quantitative estimate of drug-likeness (QED) is 0.0878. The Morgan fingerprint density at radius 3 is 2.53 bits per heavy atom. The number of aliphatic imine (C=N–C) groups is 1. The van der Waals surface area contributed by atoms with E-state index in [1.165, 1.54) is 0 Å². The van der Waals surface area contributed by atoms with Crippen molar-refractivity contribution in [3.8, 4) is 0 Å². The number of hydrogen-bond acceptors (Lipinski definition) is 8. The zero-order chi connectivity index (χ0) is 26.7. The molecular formula is C21H30N8O7. The second kappa shape index (κ2) is 13.5. The molecule has 0 aliphatic carbocycles. The third kappa shape index (κ3) is 8.11. The van der Waals surface area contributed by atoms with E-state index in [1.807, 2.05) is 0 Å². The van der Waals surface area contributed by atoms with Gasteiger partial charge in [-0.05, 0) is 36.3 Å². The molecule has 1 aromatic rings. The Hall–Kier alpha value is -4.43. The zero-order valence-electron chi connectivity index (χ0n) is 19.6. The van der Waals surface area contributed by atoms with E-state index in [4.69, 9.17) is 21.9 Å². The van der Waals surface area contributed by atoms with E-state index in [-0.39, 0.29) is 49.9 Å². The lowest BCUT2D eigenvalue weighted by atomic mass is 10.1. The fraction of sp³-hybridized carbons (Fsp3) is 0.476. The van der Waals surface area contributed by atoms with Gasteiger partial charge in [-0.25, -0.2) is 14.9 Å². The van der Waals surface area contributed by atoms with E-state index < -0.39 is 47.5 Å². The van der Waals surface area contributed by atoms with Crippen molar-refractivity contribution < 1.29 is 28.9 Å². The van der Waals surface area contributed by atoms with Crippen LogP contribution in [0.4, 0.5) is 4.79 Å².